The van der Waals surface area contributed by atoms with E-state index >= 15 is 0 Å². The van der Waals surface area contributed by atoms with Crippen LogP contribution in [0.2, 0.25) is 0 Å². The molecule has 3 aliphatic rings. The van der Waals surface area contributed by atoms with E-state index in [0.29, 0.717) is 44.2 Å². The zero-order valence-electron chi connectivity index (χ0n) is 19.2. The average Bonchev–Trinajstić information content (AvgIpc) is 2.81. The standard InChI is InChI=1S/C24H34N4O4/c1-4-15-8-9-24(31)19-13-16-6-7-17(21(25)26-32)12-18(16)23(24,10-11-27(19)3)14-20(29)28(5-2)22(15)30/h6-7,12,15,19,31-32H,4-5,8-11,13-14H2,1-3H3,(H2,25,26)/t15?,19-,23-,24-/m1/s1. The van der Waals surface area contributed by atoms with E-state index in [1.165, 1.54) is 4.90 Å². The van der Waals surface area contributed by atoms with Gasteiger partial charge >= 0.3 is 0 Å². The van der Waals surface area contributed by atoms with Crippen LogP contribution in [0, 0.1) is 5.92 Å². The van der Waals surface area contributed by atoms with Crippen molar-refractivity contribution in [2.24, 2.45) is 16.8 Å². The normalized spacial score (nSPS) is 33.8. The minimum atomic E-state index is -1.16. The van der Waals surface area contributed by atoms with E-state index in [1.54, 1.807) is 0 Å². The van der Waals surface area contributed by atoms with Crippen LogP contribution in [0.25, 0.3) is 0 Å². The van der Waals surface area contributed by atoms with Crippen LogP contribution in [0.15, 0.2) is 23.4 Å². The molecule has 1 unspecified atom stereocenters. The van der Waals surface area contributed by atoms with Crippen molar-refractivity contribution in [1.29, 1.82) is 0 Å². The van der Waals surface area contributed by atoms with Crippen molar-refractivity contribution in [3.05, 3.63) is 34.9 Å². The van der Waals surface area contributed by atoms with Crippen molar-refractivity contribution in [2.45, 2.75) is 69.4 Å². The van der Waals surface area contributed by atoms with Crippen molar-refractivity contribution in [3.63, 3.8) is 0 Å². The third kappa shape index (κ3) is 3.15. The summed E-state index contributed by atoms with van der Waals surface area (Å²) in [6.45, 7) is 4.85. The predicted molar refractivity (Wildman–Crippen MR) is 120 cm³/mol. The highest BCUT2D eigenvalue weighted by Gasteiger charge is 2.63. The molecule has 0 aromatic heterocycles. The van der Waals surface area contributed by atoms with Crippen LogP contribution in [0.5, 0.6) is 0 Å². The maximum absolute atomic E-state index is 13.6. The number of carbonyl (C=O) groups is 2. The number of piperidine rings is 1. The Labute approximate surface area is 189 Å². The van der Waals surface area contributed by atoms with E-state index in [9.17, 15) is 19.9 Å². The lowest BCUT2D eigenvalue weighted by Gasteiger charge is -2.61. The van der Waals surface area contributed by atoms with Gasteiger partial charge in [0.2, 0.25) is 11.8 Å². The van der Waals surface area contributed by atoms with Crippen molar-refractivity contribution in [1.82, 2.24) is 9.80 Å². The highest BCUT2D eigenvalue weighted by molar-refractivity contribution is 5.98. The van der Waals surface area contributed by atoms with Crippen molar-refractivity contribution >= 4 is 17.6 Å². The Morgan fingerprint density at radius 1 is 1.28 bits per heavy atom. The summed E-state index contributed by atoms with van der Waals surface area (Å²) in [5, 5.41) is 24.8. The molecule has 1 aromatic rings. The fraction of sp³-hybridized carbons (Fsp3) is 0.625. The quantitative estimate of drug-likeness (QED) is 0.215. The second kappa shape index (κ2) is 8.15. The molecule has 1 aliphatic carbocycles. The Balaban J connectivity index is 1.95. The number of amidine groups is 1. The Morgan fingerprint density at radius 2 is 2.03 bits per heavy atom. The number of fused-ring (bicyclic) bond motifs is 1. The van der Waals surface area contributed by atoms with E-state index in [0.717, 1.165) is 17.7 Å². The number of hydrogen-bond donors (Lipinski definition) is 3. The van der Waals surface area contributed by atoms with Gasteiger partial charge in [-0.25, -0.2) is 0 Å². The van der Waals surface area contributed by atoms with E-state index in [1.807, 2.05) is 39.1 Å². The van der Waals surface area contributed by atoms with E-state index in [4.69, 9.17) is 5.73 Å². The number of rotatable bonds is 3. The SMILES string of the molecule is CCC1CC[C@@]2(O)[C@H]3Cc4ccc(/C(N)=N/O)cc4[C@@]2(CCN3C)CC(=O)N(CC)C1=O. The van der Waals surface area contributed by atoms with Crippen molar-refractivity contribution < 1.29 is 19.9 Å². The summed E-state index contributed by atoms with van der Waals surface area (Å²) >= 11 is 0. The molecule has 2 heterocycles. The molecule has 0 saturated carbocycles. The second-order valence-corrected chi connectivity index (χ2v) is 9.61. The Morgan fingerprint density at radius 3 is 2.69 bits per heavy atom. The number of amides is 2. The van der Waals surface area contributed by atoms with Gasteiger partial charge in [0.15, 0.2) is 5.84 Å². The van der Waals surface area contributed by atoms with Crippen LogP contribution in [0.3, 0.4) is 0 Å². The number of likely N-dealkylation sites (tertiary alicyclic amines) is 1. The number of benzene rings is 1. The minimum absolute atomic E-state index is 0.00593. The lowest BCUT2D eigenvalue weighted by molar-refractivity contribution is -0.159. The summed E-state index contributed by atoms with van der Waals surface area (Å²) in [6, 6.07) is 5.51. The third-order valence-corrected chi connectivity index (χ3v) is 8.30. The smallest absolute Gasteiger partial charge is 0.232 e. The maximum atomic E-state index is 13.6. The zero-order chi connectivity index (χ0) is 23.3. The van der Waals surface area contributed by atoms with Crippen molar-refractivity contribution in [2.75, 3.05) is 20.1 Å². The Hall–Kier alpha value is -2.45. The summed E-state index contributed by atoms with van der Waals surface area (Å²) < 4.78 is 0. The fourth-order valence-electron chi connectivity index (χ4n) is 6.41. The Bertz CT molecular complexity index is 963. The molecule has 2 fully saturated rings. The highest BCUT2D eigenvalue weighted by atomic mass is 16.4. The molecule has 0 radical (unpaired) electrons. The average molecular weight is 443 g/mol. The molecule has 2 saturated heterocycles. The summed E-state index contributed by atoms with van der Waals surface area (Å²) in [4.78, 5) is 30.3. The lowest BCUT2D eigenvalue weighted by Crippen LogP contribution is -2.71. The van der Waals surface area contributed by atoms with Crippen LogP contribution in [0.1, 0.15) is 62.6 Å². The first-order valence-corrected chi connectivity index (χ1v) is 11.6. The van der Waals surface area contributed by atoms with Crippen LogP contribution < -0.4 is 5.73 Å². The number of likely N-dealkylation sites (N-methyl/N-ethyl adjacent to an activating group) is 1. The molecule has 4 N–H and O–H groups in total. The molecule has 8 heteroatoms. The second-order valence-electron chi connectivity index (χ2n) is 9.61. The van der Waals surface area contributed by atoms with Crippen molar-refractivity contribution in [3.8, 4) is 0 Å². The molecular formula is C24H34N4O4. The molecule has 4 atom stereocenters. The number of nitrogens with zero attached hydrogens (tertiary/aromatic N) is 3. The predicted octanol–water partition coefficient (Wildman–Crippen LogP) is 1.60. The molecule has 32 heavy (non-hydrogen) atoms. The van der Waals surface area contributed by atoms with Gasteiger partial charge in [0, 0.05) is 35.9 Å². The number of aliphatic hydroxyl groups is 1. The largest absolute Gasteiger partial charge is 0.409 e. The van der Waals surface area contributed by atoms with Crippen LogP contribution >= 0.6 is 0 Å². The Kier molecular flexibility index (Phi) is 5.79. The molecule has 8 nitrogen and oxygen atoms in total. The molecule has 1 aromatic carbocycles. The van der Waals surface area contributed by atoms with Crippen LogP contribution in [-0.2, 0) is 21.4 Å². The number of carbonyl (C=O) groups excluding carboxylic acids is 2. The van der Waals surface area contributed by atoms with Gasteiger partial charge in [0.25, 0.3) is 0 Å². The van der Waals surface area contributed by atoms with Gasteiger partial charge in [-0.05, 0) is 69.8 Å². The van der Waals surface area contributed by atoms with Gasteiger partial charge in [-0.1, -0.05) is 24.2 Å². The van der Waals surface area contributed by atoms with Crippen LogP contribution in [0.4, 0.5) is 0 Å². The maximum Gasteiger partial charge on any atom is 0.232 e. The fourth-order valence-corrected chi connectivity index (χ4v) is 6.41. The van der Waals surface area contributed by atoms with E-state index < -0.39 is 11.0 Å². The summed E-state index contributed by atoms with van der Waals surface area (Å²) in [7, 11) is 2.03. The first-order chi connectivity index (χ1) is 15.2. The van der Waals surface area contributed by atoms with E-state index in [2.05, 4.69) is 10.1 Å². The number of imide groups is 1. The molecule has 2 amide bonds. The van der Waals surface area contributed by atoms with E-state index in [-0.39, 0.29) is 36.0 Å². The molecule has 2 bridgehead atoms. The number of hydrogen-bond acceptors (Lipinski definition) is 6. The summed E-state index contributed by atoms with van der Waals surface area (Å²) in [5.74, 6) is -0.656. The first-order valence-electron chi connectivity index (χ1n) is 11.6. The first kappa shape index (κ1) is 22.7. The third-order valence-electron chi connectivity index (χ3n) is 8.30. The van der Waals surface area contributed by atoms with Gasteiger partial charge in [-0.15, -0.1) is 0 Å². The molecule has 0 spiro atoms. The molecule has 174 valence electrons. The number of nitrogens with two attached hydrogens (primary N) is 1. The van der Waals surface area contributed by atoms with Gasteiger partial charge < -0.3 is 20.9 Å². The highest BCUT2D eigenvalue weighted by Crippen LogP contribution is 2.56. The lowest BCUT2D eigenvalue weighted by atomic mass is 9.51. The molecular weight excluding hydrogens is 408 g/mol. The zero-order valence-corrected chi connectivity index (χ0v) is 19.2. The minimum Gasteiger partial charge on any atom is -0.409 e. The number of oxime groups is 1. The van der Waals surface area contributed by atoms with Gasteiger partial charge in [-0.2, -0.15) is 0 Å². The molecule has 2 aliphatic heterocycles. The topological polar surface area (TPSA) is 119 Å². The van der Waals surface area contributed by atoms with Crippen LogP contribution in [-0.4, -0.2) is 69.5 Å². The monoisotopic (exact) mass is 442 g/mol. The summed E-state index contributed by atoms with van der Waals surface area (Å²) in [5.41, 5.74) is 6.40. The summed E-state index contributed by atoms with van der Waals surface area (Å²) in [6.07, 6.45) is 2.93. The van der Waals surface area contributed by atoms with Gasteiger partial charge in [0.05, 0.1) is 5.60 Å². The van der Waals surface area contributed by atoms with Gasteiger partial charge in [-0.3, -0.25) is 14.5 Å². The molecule has 4 rings (SSSR count). The van der Waals surface area contributed by atoms with Gasteiger partial charge in [0.1, 0.15) is 0 Å².